The van der Waals surface area contributed by atoms with E-state index in [2.05, 4.69) is 10.3 Å². The maximum Gasteiger partial charge on any atom is 0.328 e. The Hall–Kier alpha value is -3.87. The van der Waals surface area contributed by atoms with Crippen LogP contribution in [0.25, 0.3) is 17.0 Å². The molecule has 34 heavy (non-hydrogen) atoms. The van der Waals surface area contributed by atoms with Crippen LogP contribution in [0.5, 0.6) is 0 Å². The molecule has 0 saturated carbocycles. The van der Waals surface area contributed by atoms with E-state index in [4.69, 9.17) is 4.74 Å². The highest BCUT2D eigenvalue weighted by Gasteiger charge is 2.30. The second-order valence-corrected chi connectivity index (χ2v) is 8.49. The van der Waals surface area contributed by atoms with Crippen LogP contribution in [-0.4, -0.2) is 53.9 Å². The van der Waals surface area contributed by atoms with Gasteiger partial charge in [-0.1, -0.05) is 48.5 Å². The van der Waals surface area contributed by atoms with Crippen molar-refractivity contribution in [2.45, 2.75) is 25.3 Å². The molecule has 7 nitrogen and oxygen atoms in total. The third-order valence-electron chi connectivity index (χ3n) is 6.30. The van der Waals surface area contributed by atoms with Crippen LogP contribution in [0.2, 0.25) is 0 Å². The van der Waals surface area contributed by atoms with E-state index in [1.54, 1.807) is 17.1 Å². The highest BCUT2D eigenvalue weighted by Crippen LogP contribution is 2.21. The fourth-order valence-electron chi connectivity index (χ4n) is 4.34. The average molecular weight is 460 g/mol. The molecule has 1 unspecified atom stereocenters. The molecular weight excluding hydrogens is 430 g/mol. The Balaban J connectivity index is 1.33. The lowest BCUT2D eigenvalue weighted by Crippen LogP contribution is -2.48. The number of esters is 1. The first-order valence-electron chi connectivity index (χ1n) is 11.5. The number of benzene rings is 2. The summed E-state index contributed by atoms with van der Waals surface area (Å²) in [5.41, 5.74) is 2.89. The van der Waals surface area contributed by atoms with E-state index in [1.807, 2.05) is 60.8 Å². The minimum atomic E-state index is -0.773. The number of H-pyrrole nitrogens is 1. The number of aromatic nitrogens is 1. The Morgan fingerprint density at radius 3 is 2.53 bits per heavy atom. The van der Waals surface area contributed by atoms with E-state index >= 15 is 0 Å². The number of para-hydroxylation sites is 1. The summed E-state index contributed by atoms with van der Waals surface area (Å²) in [5.74, 6) is -0.966. The van der Waals surface area contributed by atoms with Gasteiger partial charge in [0.15, 0.2) is 0 Å². The Morgan fingerprint density at radius 2 is 1.79 bits per heavy atom. The second-order valence-electron chi connectivity index (χ2n) is 8.49. The molecule has 7 heteroatoms. The first-order chi connectivity index (χ1) is 16.5. The number of methoxy groups -OCH3 is 1. The highest BCUT2D eigenvalue weighted by atomic mass is 16.5. The third kappa shape index (κ3) is 5.54. The molecule has 1 fully saturated rings. The fourth-order valence-corrected chi connectivity index (χ4v) is 4.34. The maximum absolute atomic E-state index is 13.0. The summed E-state index contributed by atoms with van der Waals surface area (Å²) in [4.78, 5) is 42.8. The van der Waals surface area contributed by atoms with Gasteiger partial charge in [0.1, 0.15) is 6.04 Å². The molecule has 2 amide bonds. The number of rotatable bonds is 7. The van der Waals surface area contributed by atoms with Gasteiger partial charge in [-0.2, -0.15) is 0 Å². The Morgan fingerprint density at radius 1 is 1.09 bits per heavy atom. The summed E-state index contributed by atoms with van der Waals surface area (Å²) in [7, 11) is 1.32. The summed E-state index contributed by atoms with van der Waals surface area (Å²) in [6.07, 6.45) is 6.68. The van der Waals surface area contributed by atoms with Crippen LogP contribution in [0.4, 0.5) is 0 Å². The van der Waals surface area contributed by atoms with E-state index in [1.165, 1.54) is 7.11 Å². The normalized spacial score (nSPS) is 15.4. The number of aromatic amines is 1. The topological polar surface area (TPSA) is 91.5 Å². The molecule has 176 valence electrons. The quantitative estimate of drug-likeness (QED) is 0.419. The number of fused-ring (bicyclic) bond motifs is 1. The van der Waals surface area contributed by atoms with Gasteiger partial charge in [-0.15, -0.1) is 0 Å². The molecule has 1 saturated heterocycles. The molecule has 1 aliphatic rings. The number of carbonyl (C=O) groups is 3. The number of ether oxygens (including phenoxy) is 1. The fraction of sp³-hybridized carbons (Fsp3) is 0.296. The van der Waals surface area contributed by atoms with Crippen molar-refractivity contribution >= 4 is 34.8 Å². The zero-order chi connectivity index (χ0) is 23.9. The van der Waals surface area contributed by atoms with Gasteiger partial charge < -0.3 is 19.9 Å². The standard InChI is InChI=1S/C27H29N3O4/c1-34-27(33)24(17-21-18-28-23-10-6-5-9-22(21)23)29-26(32)20-13-15-30(16-14-20)25(31)12-11-19-7-3-2-4-8-19/h2-12,18,20,24,28H,13-17H2,1H3,(H,29,32)/b12-11+. The van der Waals surface area contributed by atoms with Crippen LogP contribution >= 0.6 is 0 Å². The zero-order valence-electron chi connectivity index (χ0n) is 19.2. The monoisotopic (exact) mass is 459 g/mol. The van der Waals surface area contributed by atoms with Gasteiger partial charge in [0.2, 0.25) is 11.8 Å². The predicted molar refractivity (Wildman–Crippen MR) is 131 cm³/mol. The number of likely N-dealkylation sites (tertiary alicyclic amines) is 1. The molecule has 2 N–H and O–H groups in total. The third-order valence-corrected chi connectivity index (χ3v) is 6.30. The molecule has 1 atom stereocenters. The Kier molecular flexibility index (Phi) is 7.42. The summed E-state index contributed by atoms with van der Waals surface area (Å²) in [6.45, 7) is 1.00. The van der Waals surface area contributed by atoms with E-state index in [0.29, 0.717) is 32.4 Å². The van der Waals surface area contributed by atoms with Crippen molar-refractivity contribution in [3.63, 3.8) is 0 Å². The molecule has 1 aromatic heterocycles. The first kappa shape index (κ1) is 23.3. The molecule has 3 aromatic rings. The molecule has 1 aliphatic heterocycles. The molecular formula is C27H29N3O4. The predicted octanol–water partition coefficient (Wildman–Crippen LogP) is 3.32. The highest BCUT2D eigenvalue weighted by molar-refractivity contribution is 5.92. The van der Waals surface area contributed by atoms with E-state index in [0.717, 1.165) is 22.0 Å². The van der Waals surface area contributed by atoms with Crippen LogP contribution < -0.4 is 5.32 Å². The van der Waals surface area contributed by atoms with Gasteiger partial charge in [0, 0.05) is 48.6 Å². The molecule has 0 bridgehead atoms. The lowest BCUT2D eigenvalue weighted by molar-refractivity contribution is -0.145. The van der Waals surface area contributed by atoms with Crippen LogP contribution in [-0.2, 0) is 25.5 Å². The van der Waals surface area contributed by atoms with Crippen molar-refractivity contribution in [1.82, 2.24) is 15.2 Å². The van der Waals surface area contributed by atoms with Crippen molar-refractivity contribution in [2.24, 2.45) is 5.92 Å². The van der Waals surface area contributed by atoms with Crippen molar-refractivity contribution in [3.8, 4) is 0 Å². The van der Waals surface area contributed by atoms with Crippen LogP contribution in [0.3, 0.4) is 0 Å². The van der Waals surface area contributed by atoms with Gasteiger partial charge >= 0.3 is 5.97 Å². The Bertz CT molecular complexity index is 1180. The van der Waals surface area contributed by atoms with Gasteiger partial charge in [0.25, 0.3) is 0 Å². The number of nitrogens with one attached hydrogen (secondary N) is 2. The number of carbonyl (C=O) groups excluding carboxylic acids is 3. The average Bonchev–Trinajstić information content (AvgIpc) is 3.29. The Labute approximate surface area is 198 Å². The first-order valence-corrected chi connectivity index (χ1v) is 11.5. The lowest BCUT2D eigenvalue weighted by Gasteiger charge is -2.31. The molecule has 2 aromatic carbocycles. The molecule has 0 aliphatic carbocycles. The minimum Gasteiger partial charge on any atom is -0.467 e. The second kappa shape index (κ2) is 10.8. The van der Waals surface area contributed by atoms with Crippen LogP contribution in [0.15, 0.2) is 66.9 Å². The summed E-state index contributed by atoms with van der Waals surface area (Å²) in [6, 6.07) is 16.7. The van der Waals surface area contributed by atoms with E-state index < -0.39 is 12.0 Å². The van der Waals surface area contributed by atoms with Gasteiger partial charge in [-0.3, -0.25) is 9.59 Å². The summed E-state index contributed by atoms with van der Waals surface area (Å²) < 4.78 is 4.95. The molecule has 4 rings (SSSR count). The lowest BCUT2D eigenvalue weighted by atomic mass is 9.95. The van der Waals surface area contributed by atoms with Crippen molar-refractivity contribution in [2.75, 3.05) is 20.2 Å². The zero-order valence-corrected chi connectivity index (χ0v) is 19.2. The number of hydrogen-bond donors (Lipinski definition) is 2. The molecule has 0 radical (unpaired) electrons. The SMILES string of the molecule is COC(=O)C(Cc1c[nH]c2ccccc12)NC(=O)C1CCN(C(=O)/C=C/c2ccccc2)CC1. The van der Waals surface area contributed by atoms with E-state index in [-0.39, 0.29) is 17.7 Å². The number of amides is 2. The van der Waals surface area contributed by atoms with Crippen molar-refractivity contribution < 1.29 is 19.1 Å². The number of piperidine rings is 1. The summed E-state index contributed by atoms with van der Waals surface area (Å²) >= 11 is 0. The number of hydrogen-bond acceptors (Lipinski definition) is 4. The van der Waals surface area contributed by atoms with Crippen molar-refractivity contribution in [3.05, 3.63) is 78.0 Å². The van der Waals surface area contributed by atoms with Gasteiger partial charge in [-0.25, -0.2) is 4.79 Å². The van der Waals surface area contributed by atoms with Crippen LogP contribution in [0, 0.1) is 5.92 Å². The number of nitrogens with zero attached hydrogens (tertiary/aromatic N) is 1. The smallest absolute Gasteiger partial charge is 0.328 e. The molecule has 0 spiro atoms. The van der Waals surface area contributed by atoms with E-state index in [9.17, 15) is 14.4 Å². The summed E-state index contributed by atoms with van der Waals surface area (Å²) in [5, 5.41) is 3.90. The molecule has 2 heterocycles. The van der Waals surface area contributed by atoms with Crippen LogP contribution in [0.1, 0.15) is 24.0 Å². The van der Waals surface area contributed by atoms with Gasteiger partial charge in [0.05, 0.1) is 7.11 Å². The van der Waals surface area contributed by atoms with Crippen molar-refractivity contribution in [1.29, 1.82) is 0 Å². The minimum absolute atomic E-state index is 0.0607. The largest absolute Gasteiger partial charge is 0.467 e. The maximum atomic E-state index is 13.0. The van der Waals surface area contributed by atoms with Gasteiger partial charge in [-0.05, 0) is 36.1 Å².